The van der Waals surface area contributed by atoms with Crippen molar-refractivity contribution in [1.82, 2.24) is 4.31 Å². The molecule has 0 bridgehead atoms. The first-order chi connectivity index (χ1) is 14.4. The van der Waals surface area contributed by atoms with Crippen molar-refractivity contribution < 1.29 is 17.9 Å². The molecule has 3 rings (SSSR count). The van der Waals surface area contributed by atoms with Crippen LogP contribution in [0.1, 0.15) is 5.56 Å². The Morgan fingerprint density at radius 2 is 1.70 bits per heavy atom. The molecule has 0 saturated heterocycles. The number of benzene rings is 3. The lowest BCUT2D eigenvalue weighted by Crippen LogP contribution is -2.37. The van der Waals surface area contributed by atoms with E-state index < -0.39 is 15.9 Å². The lowest BCUT2D eigenvalue weighted by atomic mass is 10.2. The molecule has 1 amide bonds. The average Bonchev–Trinajstić information content (AvgIpc) is 2.74. The third-order valence-electron chi connectivity index (χ3n) is 4.33. The molecular weight excluding hydrogens is 468 g/mol. The Morgan fingerprint density at radius 1 is 1.00 bits per heavy atom. The second kappa shape index (κ2) is 9.88. The number of rotatable bonds is 8. The highest BCUT2D eigenvalue weighted by Gasteiger charge is 2.27. The highest BCUT2D eigenvalue weighted by atomic mass is 79.9. The van der Waals surface area contributed by atoms with Gasteiger partial charge in [-0.2, -0.15) is 4.31 Å². The molecule has 3 aromatic rings. The molecule has 0 aliphatic heterocycles. The van der Waals surface area contributed by atoms with Crippen LogP contribution < -0.4 is 10.1 Å². The van der Waals surface area contributed by atoms with E-state index in [2.05, 4.69) is 21.2 Å². The Bertz CT molecular complexity index is 1100. The van der Waals surface area contributed by atoms with Gasteiger partial charge < -0.3 is 10.1 Å². The van der Waals surface area contributed by atoms with Gasteiger partial charge in [0, 0.05) is 16.7 Å². The summed E-state index contributed by atoms with van der Waals surface area (Å²) in [6, 6.07) is 22.4. The van der Waals surface area contributed by atoms with Gasteiger partial charge in [0.2, 0.25) is 15.9 Å². The highest BCUT2D eigenvalue weighted by molar-refractivity contribution is 9.10. The summed E-state index contributed by atoms with van der Waals surface area (Å²) in [4.78, 5) is 12.7. The van der Waals surface area contributed by atoms with E-state index in [0.717, 1.165) is 14.3 Å². The van der Waals surface area contributed by atoms with E-state index in [1.165, 1.54) is 19.2 Å². The number of hydrogen-bond acceptors (Lipinski definition) is 4. The van der Waals surface area contributed by atoms with Gasteiger partial charge in [0.25, 0.3) is 0 Å². The summed E-state index contributed by atoms with van der Waals surface area (Å²) in [5.41, 5.74) is 1.36. The van der Waals surface area contributed by atoms with Crippen LogP contribution in [-0.4, -0.2) is 32.3 Å². The van der Waals surface area contributed by atoms with Crippen molar-refractivity contribution in [3.63, 3.8) is 0 Å². The van der Waals surface area contributed by atoms with Crippen molar-refractivity contribution in [2.75, 3.05) is 19.0 Å². The van der Waals surface area contributed by atoms with Crippen LogP contribution in [-0.2, 0) is 21.4 Å². The van der Waals surface area contributed by atoms with E-state index in [-0.39, 0.29) is 18.0 Å². The normalized spacial score (nSPS) is 11.3. The van der Waals surface area contributed by atoms with Crippen molar-refractivity contribution in [1.29, 1.82) is 0 Å². The van der Waals surface area contributed by atoms with Crippen molar-refractivity contribution in [2.45, 2.75) is 11.4 Å². The maximum atomic E-state index is 13.3. The van der Waals surface area contributed by atoms with Crippen LogP contribution in [0.2, 0.25) is 0 Å². The van der Waals surface area contributed by atoms with Crippen molar-refractivity contribution in [3.05, 3.63) is 88.9 Å². The lowest BCUT2D eigenvalue weighted by Gasteiger charge is -2.22. The molecular formula is C22H21BrN2O4S. The monoisotopic (exact) mass is 488 g/mol. The zero-order valence-corrected chi connectivity index (χ0v) is 18.7. The number of methoxy groups -OCH3 is 1. The molecule has 30 heavy (non-hydrogen) atoms. The predicted octanol–water partition coefficient (Wildman–Crippen LogP) is 4.29. The highest BCUT2D eigenvalue weighted by Crippen LogP contribution is 2.22. The fraction of sp³-hybridized carbons (Fsp3) is 0.136. The molecule has 1 N–H and O–H groups in total. The largest absolute Gasteiger partial charge is 0.497 e. The number of amides is 1. The topological polar surface area (TPSA) is 75.7 Å². The molecule has 0 atom stereocenters. The van der Waals surface area contributed by atoms with Crippen molar-refractivity contribution in [2.24, 2.45) is 0 Å². The fourth-order valence-electron chi connectivity index (χ4n) is 2.84. The molecule has 0 saturated carbocycles. The number of hydrogen-bond donors (Lipinski definition) is 1. The Morgan fingerprint density at radius 3 is 2.33 bits per heavy atom. The molecule has 0 heterocycles. The van der Waals surface area contributed by atoms with Gasteiger partial charge in [0.05, 0.1) is 18.6 Å². The van der Waals surface area contributed by atoms with Gasteiger partial charge in [0.15, 0.2) is 0 Å². The van der Waals surface area contributed by atoms with Crippen LogP contribution >= 0.6 is 15.9 Å². The predicted molar refractivity (Wildman–Crippen MR) is 120 cm³/mol. The standard InChI is InChI=1S/C22H21BrN2O4S/c1-29-20-10-12-21(13-11-20)30(27,28)25(15-17-6-3-2-4-7-17)16-22(26)24-19-9-5-8-18(23)14-19/h2-14H,15-16H2,1H3,(H,24,26). The Balaban J connectivity index is 1.86. The minimum absolute atomic E-state index is 0.0705. The Hall–Kier alpha value is -2.68. The smallest absolute Gasteiger partial charge is 0.243 e. The molecule has 0 aliphatic carbocycles. The number of nitrogens with one attached hydrogen (secondary N) is 1. The summed E-state index contributed by atoms with van der Waals surface area (Å²) in [5.74, 6) is 0.122. The van der Waals surface area contributed by atoms with E-state index in [0.29, 0.717) is 11.4 Å². The van der Waals surface area contributed by atoms with Crippen LogP contribution in [0.4, 0.5) is 5.69 Å². The van der Waals surface area contributed by atoms with E-state index in [1.54, 1.807) is 30.3 Å². The second-order valence-corrected chi connectivity index (χ2v) is 9.35. The third kappa shape index (κ3) is 5.69. The molecule has 0 fully saturated rings. The summed E-state index contributed by atoms with van der Waals surface area (Å²) >= 11 is 3.35. The SMILES string of the molecule is COc1ccc(S(=O)(=O)N(CC(=O)Nc2cccc(Br)c2)Cc2ccccc2)cc1. The van der Waals surface area contributed by atoms with Crippen LogP contribution in [0.3, 0.4) is 0 Å². The van der Waals surface area contributed by atoms with Gasteiger partial charge in [0.1, 0.15) is 5.75 Å². The van der Waals surface area contributed by atoms with Gasteiger partial charge >= 0.3 is 0 Å². The summed E-state index contributed by atoms with van der Waals surface area (Å²) in [6.07, 6.45) is 0. The minimum atomic E-state index is -3.91. The quantitative estimate of drug-likeness (QED) is 0.513. The van der Waals surface area contributed by atoms with Crippen LogP contribution in [0.25, 0.3) is 0 Å². The second-order valence-electron chi connectivity index (χ2n) is 6.49. The van der Waals surface area contributed by atoms with Gasteiger partial charge in [-0.25, -0.2) is 8.42 Å². The first-order valence-corrected chi connectivity index (χ1v) is 11.4. The first kappa shape index (κ1) is 22.0. The number of sulfonamides is 1. The summed E-state index contributed by atoms with van der Waals surface area (Å²) in [7, 11) is -2.40. The number of anilines is 1. The van der Waals surface area contributed by atoms with Crippen LogP contribution in [0, 0.1) is 0 Å². The summed E-state index contributed by atoms with van der Waals surface area (Å²) in [6.45, 7) is -0.253. The fourth-order valence-corrected chi connectivity index (χ4v) is 4.62. The molecule has 8 heteroatoms. The van der Waals surface area contributed by atoms with Gasteiger partial charge in [-0.15, -0.1) is 0 Å². The molecule has 0 aliphatic rings. The van der Waals surface area contributed by atoms with Crippen LogP contribution in [0.5, 0.6) is 5.75 Å². The molecule has 0 spiro atoms. The van der Waals surface area contributed by atoms with Gasteiger partial charge in [-0.3, -0.25) is 4.79 Å². The number of nitrogens with zero attached hydrogens (tertiary/aromatic N) is 1. The van der Waals surface area contributed by atoms with E-state index in [9.17, 15) is 13.2 Å². The summed E-state index contributed by atoms with van der Waals surface area (Å²) < 4.78 is 33.6. The first-order valence-electron chi connectivity index (χ1n) is 9.12. The maximum absolute atomic E-state index is 13.3. The van der Waals surface area contributed by atoms with Crippen molar-refractivity contribution in [3.8, 4) is 5.75 Å². The lowest BCUT2D eigenvalue weighted by molar-refractivity contribution is -0.116. The molecule has 156 valence electrons. The number of halogens is 1. The van der Waals surface area contributed by atoms with Gasteiger partial charge in [-0.1, -0.05) is 52.3 Å². The van der Waals surface area contributed by atoms with E-state index in [1.807, 2.05) is 36.4 Å². The third-order valence-corrected chi connectivity index (χ3v) is 6.63. The van der Waals surface area contributed by atoms with Gasteiger partial charge in [-0.05, 0) is 48.0 Å². The molecule has 3 aromatic carbocycles. The van der Waals surface area contributed by atoms with Crippen LogP contribution in [0.15, 0.2) is 88.2 Å². The Labute approximate surface area is 184 Å². The summed E-state index contributed by atoms with van der Waals surface area (Å²) in [5, 5.41) is 2.75. The van der Waals surface area contributed by atoms with Crippen molar-refractivity contribution >= 4 is 37.5 Å². The number of carbonyl (C=O) groups excluding carboxylic acids is 1. The average molecular weight is 489 g/mol. The molecule has 0 aromatic heterocycles. The minimum Gasteiger partial charge on any atom is -0.497 e. The van der Waals surface area contributed by atoms with E-state index >= 15 is 0 Å². The number of carbonyl (C=O) groups is 1. The molecule has 0 unspecified atom stereocenters. The van der Waals surface area contributed by atoms with E-state index in [4.69, 9.17) is 4.74 Å². The zero-order chi connectivity index (χ0) is 21.6. The molecule has 0 radical (unpaired) electrons. The Kier molecular flexibility index (Phi) is 7.25. The zero-order valence-electron chi connectivity index (χ0n) is 16.3. The molecule has 6 nitrogen and oxygen atoms in total. The maximum Gasteiger partial charge on any atom is 0.243 e. The number of ether oxygens (including phenoxy) is 1.